The normalized spacial score (nSPS) is 26.7. The van der Waals surface area contributed by atoms with E-state index in [4.69, 9.17) is 16.3 Å². The number of hydrogen-bond donors (Lipinski definition) is 1. The third kappa shape index (κ3) is 2.02. The minimum atomic E-state index is 0.429. The first-order valence-electron chi connectivity index (χ1n) is 6.40. The van der Waals surface area contributed by atoms with E-state index in [0.717, 1.165) is 24.6 Å². The standard InChI is InChI=1S/C14H17ClN2O/c1-18-13-6-10(7-17-14(13)15)11-3-2-9-4-5-16-8-12(9)11/h3,6-7,9,12,16H,2,4-5,8H2,1H3/t9-,12+/m0/s1. The van der Waals surface area contributed by atoms with Gasteiger partial charge in [0.05, 0.1) is 7.11 Å². The molecule has 1 aliphatic heterocycles. The van der Waals surface area contributed by atoms with E-state index in [2.05, 4.69) is 16.4 Å². The highest BCUT2D eigenvalue weighted by atomic mass is 35.5. The van der Waals surface area contributed by atoms with Gasteiger partial charge in [0.15, 0.2) is 10.9 Å². The van der Waals surface area contributed by atoms with Gasteiger partial charge in [-0.25, -0.2) is 4.98 Å². The SMILES string of the molecule is COc1cc(C2=CC[C@H]3CCNC[C@@H]23)cnc1Cl. The molecule has 3 nitrogen and oxygen atoms in total. The molecule has 2 atom stereocenters. The average molecular weight is 265 g/mol. The van der Waals surface area contributed by atoms with Crippen LogP contribution in [0.2, 0.25) is 5.15 Å². The van der Waals surface area contributed by atoms with Crippen LogP contribution in [0.4, 0.5) is 0 Å². The van der Waals surface area contributed by atoms with Crippen molar-refractivity contribution in [3.63, 3.8) is 0 Å². The van der Waals surface area contributed by atoms with Crippen molar-refractivity contribution in [2.24, 2.45) is 11.8 Å². The molecular formula is C14H17ClN2O. The van der Waals surface area contributed by atoms with Crippen LogP contribution in [0.5, 0.6) is 5.75 Å². The van der Waals surface area contributed by atoms with Crippen LogP contribution in [0.3, 0.4) is 0 Å². The van der Waals surface area contributed by atoms with E-state index < -0.39 is 0 Å². The van der Waals surface area contributed by atoms with Crippen molar-refractivity contribution in [2.45, 2.75) is 12.8 Å². The second-order valence-electron chi connectivity index (χ2n) is 4.97. The molecule has 3 rings (SSSR count). The smallest absolute Gasteiger partial charge is 0.171 e. The number of hydrogen-bond acceptors (Lipinski definition) is 3. The molecule has 4 heteroatoms. The Balaban J connectivity index is 1.91. The number of halogens is 1. The van der Waals surface area contributed by atoms with Crippen molar-refractivity contribution in [1.29, 1.82) is 0 Å². The molecule has 2 aliphatic rings. The fraction of sp³-hybridized carbons (Fsp3) is 0.500. The number of rotatable bonds is 2. The third-order valence-electron chi connectivity index (χ3n) is 4.03. The van der Waals surface area contributed by atoms with E-state index in [0.29, 0.717) is 16.8 Å². The number of fused-ring (bicyclic) bond motifs is 1. The summed E-state index contributed by atoms with van der Waals surface area (Å²) in [5.41, 5.74) is 2.54. The van der Waals surface area contributed by atoms with Gasteiger partial charge < -0.3 is 10.1 Å². The lowest BCUT2D eigenvalue weighted by Gasteiger charge is -2.28. The predicted octanol–water partition coefficient (Wildman–Crippen LogP) is 2.76. The highest BCUT2D eigenvalue weighted by molar-refractivity contribution is 6.30. The van der Waals surface area contributed by atoms with Crippen LogP contribution < -0.4 is 10.1 Å². The van der Waals surface area contributed by atoms with Gasteiger partial charge in [-0.3, -0.25) is 0 Å². The van der Waals surface area contributed by atoms with Crippen LogP contribution in [-0.2, 0) is 0 Å². The number of allylic oxidation sites excluding steroid dienone is 1. The summed E-state index contributed by atoms with van der Waals surface area (Å²) in [6.07, 6.45) is 6.66. The van der Waals surface area contributed by atoms with Gasteiger partial charge in [-0.15, -0.1) is 0 Å². The Morgan fingerprint density at radius 2 is 2.39 bits per heavy atom. The summed E-state index contributed by atoms with van der Waals surface area (Å²) in [7, 11) is 1.63. The zero-order valence-corrected chi connectivity index (χ0v) is 11.2. The van der Waals surface area contributed by atoms with E-state index in [1.54, 1.807) is 7.11 Å². The lowest BCUT2D eigenvalue weighted by Crippen LogP contribution is -2.34. The topological polar surface area (TPSA) is 34.1 Å². The molecule has 1 saturated heterocycles. The third-order valence-corrected chi connectivity index (χ3v) is 4.31. The molecule has 1 fully saturated rings. The molecule has 1 aromatic rings. The van der Waals surface area contributed by atoms with Crippen molar-refractivity contribution >= 4 is 17.2 Å². The van der Waals surface area contributed by atoms with Crippen LogP contribution in [-0.4, -0.2) is 25.2 Å². The van der Waals surface area contributed by atoms with Gasteiger partial charge in [0.25, 0.3) is 0 Å². The molecule has 0 amide bonds. The maximum atomic E-state index is 5.97. The summed E-state index contributed by atoms with van der Waals surface area (Å²) in [6, 6.07) is 2.00. The Morgan fingerprint density at radius 1 is 1.50 bits per heavy atom. The minimum absolute atomic E-state index is 0.429. The second-order valence-corrected chi connectivity index (χ2v) is 5.33. The predicted molar refractivity (Wildman–Crippen MR) is 72.9 cm³/mol. The number of nitrogens with zero attached hydrogens (tertiary/aromatic N) is 1. The number of pyridine rings is 1. The summed E-state index contributed by atoms with van der Waals surface area (Å²) < 4.78 is 5.24. The van der Waals surface area contributed by atoms with Gasteiger partial charge >= 0.3 is 0 Å². The minimum Gasteiger partial charge on any atom is -0.494 e. The zero-order chi connectivity index (χ0) is 12.5. The van der Waals surface area contributed by atoms with Crippen molar-refractivity contribution in [3.8, 4) is 5.75 Å². The average Bonchev–Trinajstić information content (AvgIpc) is 2.83. The van der Waals surface area contributed by atoms with Crippen molar-refractivity contribution in [2.75, 3.05) is 20.2 Å². The Morgan fingerprint density at radius 3 is 3.22 bits per heavy atom. The second kappa shape index (κ2) is 4.90. The Hall–Kier alpha value is -1.06. The summed E-state index contributed by atoms with van der Waals surface area (Å²) in [6.45, 7) is 2.21. The van der Waals surface area contributed by atoms with Crippen molar-refractivity contribution in [1.82, 2.24) is 10.3 Å². The van der Waals surface area contributed by atoms with E-state index in [-0.39, 0.29) is 0 Å². The largest absolute Gasteiger partial charge is 0.494 e. The molecule has 0 bridgehead atoms. The first-order chi connectivity index (χ1) is 8.79. The molecule has 96 valence electrons. The number of ether oxygens (including phenoxy) is 1. The number of nitrogens with one attached hydrogen (secondary N) is 1. The lowest BCUT2D eigenvalue weighted by molar-refractivity contribution is 0.328. The number of piperidine rings is 1. The van der Waals surface area contributed by atoms with E-state index in [1.807, 2.05) is 12.3 Å². The van der Waals surface area contributed by atoms with E-state index in [9.17, 15) is 0 Å². The van der Waals surface area contributed by atoms with Crippen molar-refractivity contribution in [3.05, 3.63) is 29.1 Å². The quantitative estimate of drug-likeness (QED) is 0.834. The summed E-state index contributed by atoms with van der Waals surface area (Å²) in [5, 5.41) is 3.91. The molecule has 18 heavy (non-hydrogen) atoms. The number of methoxy groups -OCH3 is 1. The van der Waals surface area contributed by atoms with Gasteiger partial charge in [-0.05, 0) is 48.4 Å². The molecule has 0 aromatic carbocycles. The summed E-state index contributed by atoms with van der Waals surface area (Å²) >= 11 is 5.97. The van der Waals surface area contributed by atoms with Crippen molar-refractivity contribution < 1.29 is 4.74 Å². The maximum absolute atomic E-state index is 5.97. The summed E-state index contributed by atoms with van der Waals surface area (Å²) in [4.78, 5) is 4.21. The first-order valence-corrected chi connectivity index (χ1v) is 6.78. The fourth-order valence-corrected chi connectivity index (χ4v) is 3.23. The Bertz CT molecular complexity index is 487. The van der Waals surface area contributed by atoms with Gasteiger partial charge in [-0.1, -0.05) is 17.7 Å². The molecule has 0 spiro atoms. The van der Waals surface area contributed by atoms with E-state index in [1.165, 1.54) is 18.4 Å². The summed E-state index contributed by atoms with van der Waals surface area (Å²) in [5.74, 6) is 2.07. The van der Waals surface area contributed by atoms with Crippen LogP contribution in [0.25, 0.3) is 5.57 Å². The maximum Gasteiger partial charge on any atom is 0.171 e. The Kier molecular flexibility index (Phi) is 3.27. The fourth-order valence-electron chi connectivity index (χ4n) is 3.05. The van der Waals surface area contributed by atoms with Crippen LogP contribution >= 0.6 is 11.6 Å². The molecule has 0 radical (unpaired) electrons. The van der Waals surface area contributed by atoms with Gasteiger partial charge in [0, 0.05) is 12.7 Å². The molecule has 1 N–H and O–H groups in total. The zero-order valence-electron chi connectivity index (χ0n) is 10.4. The molecular weight excluding hydrogens is 248 g/mol. The van der Waals surface area contributed by atoms with Gasteiger partial charge in [0.2, 0.25) is 0 Å². The molecule has 1 aromatic heterocycles. The monoisotopic (exact) mass is 264 g/mol. The van der Waals surface area contributed by atoms with E-state index >= 15 is 0 Å². The van der Waals surface area contributed by atoms with Crippen LogP contribution in [0.1, 0.15) is 18.4 Å². The molecule has 2 heterocycles. The number of aromatic nitrogens is 1. The first kappa shape index (κ1) is 12.0. The highest BCUT2D eigenvalue weighted by Crippen LogP contribution is 2.41. The van der Waals surface area contributed by atoms with Gasteiger partial charge in [0.1, 0.15) is 0 Å². The molecule has 0 saturated carbocycles. The Labute approximate surface area is 112 Å². The lowest BCUT2D eigenvalue weighted by atomic mass is 9.84. The highest BCUT2D eigenvalue weighted by Gasteiger charge is 2.32. The molecule has 1 aliphatic carbocycles. The molecule has 0 unspecified atom stereocenters. The van der Waals surface area contributed by atoms with Crippen LogP contribution in [0.15, 0.2) is 18.3 Å². The van der Waals surface area contributed by atoms with Gasteiger partial charge in [-0.2, -0.15) is 0 Å². The van der Waals surface area contributed by atoms with Crippen LogP contribution in [0, 0.1) is 11.8 Å².